The summed E-state index contributed by atoms with van der Waals surface area (Å²) >= 11 is 0. The van der Waals surface area contributed by atoms with Gasteiger partial charge in [0.15, 0.2) is 0 Å². The number of hydrogen-bond donors (Lipinski definition) is 4. The second kappa shape index (κ2) is 7.96. The monoisotopic (exact) mass is 437 g/mol. The Labute approximate surface area is 179 Å². The molecule has 3 saturated heterocycles. The highest BCUT2D eigenvalue weighted by atomic mass is 32.2. The molecule has 0 amide bonds. The topological polar surface area (TPSA) is 113 Å². The van der Waals surface area contributed by atoms with E-state index in [2.05, 4.69) is 37.0 Å². The Morgan fingerprint density at radius 2 is 2.00 bits per heavy atom. The van der Waals surface area contributed by atoms with Crippen LogP contribution in [0.5, 0.6) is 0 Å². The van der Waals surface area contributed by atoms with Gasteiger partial charge in [0.05, 0.1) is 17.6 Å². The summed E-state index contributed by atoms with van der Waals surface area (Å²) in [5, 5.41) is 16.8. The van der Waals surface area contributed by atoms with Gasteiger partial charge in [0.1, 0.15) is 5.25 Å². The first-order valence-corrected chi connectivity index (χ1v) is 13.1. The van der Waals surface area contributed by atoms with Crippen LogP contribution in [0.4, 0.5) is 0 Å². The molecule has 2 saturated carbocycles. The van der Waals surface area contributed by atoms with Gasteiger partial charge >= 0.3 is 0 Å². The number of nitrogens with one attached hydrogen (secondary N) is 4. The fraction of sp³-hybridized carbons (Fsp3) is 0.950. The molecule has 168 valence electrons. The van der Waals surface area contributed by atoms with Crippen LogP contribution in [0.3, 0.4) is 0 Å². The lowest BCUT2D eigenvalue weighted by Gasteiger charge is -2.38. The molecular weight excluding hydrogens is 402 g/mol. The summed E-state index contributed by atoms with van der Waals surface area (Å²) in [5.41, 5.74) is 6.58. The van der Waals surface area contributed by atoms with Crippen molar-refractivity contribution in [2.45, 2.75) is 68.4 Å². The van der Waals surface area contributed by atoms with E-state index in [1.165, 1.54) is 0 Å². The van der Waals surface area contributed by atoms with Gasteiger partial charge in [0, 0.05) is 38.8 Å². The van der Waals surface area contributed by atoms with Crippen molar-refractivity contribution in [3.05, 3.63) is 0 Å². The Morgan fingerprint density at radius 1 is 1.17 bits per heavy atom. The maximum Gasteiger partial charge on any atom is 0.217 e. The Kier molecular flexibility index (Phi) is 5.59. The highest BCUT2D eigenvalue weighted by molar-refractivity contribution is 7.90. The summed E-state index contributed by atoms with van der Waals surface area (Å²) in [6.45, 7) is 2.75. The first-order chi connectivity index (χ1) is 14.4. The van der Waals surface area contributed by atoms with Gasteiger partial charge in [0.25, 0.3) is 0 Å². The summed E-state index contributed by atoms with van der Waals surface area (Å²) < 4.78 is 29.5. The van der Waals surface area contributed by atoms with Crippen LogP contribution in [0.25, 0.3) is 0 Å². The molecule has 30 heavy (non-hydrogen) atoms. The van der Waals surface area contributed by atoms with E-state index >= 15 is 0 Å². The number of nitriles is 1. The van der Waals surface area contributed by atoms with E-state index in [4.69, 9.17) is 0 Å². The van der Waals surface area contributed by atoms with Crippen LogP contribution in [-0.4, -0.2) is 75.2 Å². The van der Waals surface area contributed by atoms with Crippen LogP contribution >= 0.6 is 0 Å². The Hall–Kier alpha value is -0.800. The molecule has 6 atom stereocenters. The highest BCUT2D eigenvalue weighted by Gasteiger charge is 2.52. The molecule has 3 aliphatic heterocycles. The Balaban J connectivity index is 1.20. The molecule has 6 unspecified atom stereocenters. The lowest BCUT2D eigenvalue weighted by atomic mass is 9.82. The van der Waals surface area contributed by atoms with Crippen LogP contribution in [0.2, 0.25) is 0 Å². The molecule has 3 heterocycles. The summed E-state index contributed by atoms with van der Waals surface area (Å²) in [4.78, 5) is 0. The smallest absolute Gasteiger partial charge is 0.217 e. The predicted octanol–water partition coefficient (Wildman–Crippen LogP) is -0.289. The van der Waals surface area contributed by atoms with Crippen LogP contribution in [0.1, 0.15) is 44.9 Å². The standard InChI is InChI=1S/C20H35N7O2S/c1-26-19-14(10-23-26)3-2-4-17(19)25-30(28,29)16-11-24-27(12-16)18-9-15(5-8-22-18)20(13-21)6-7-20/h14-19,22-25H,2-12H2,1H3. The van der Waals surface area contributed by atoms with Crippen molar-refractivity contribution in [3.8, 4) is 6.07 Å². The molecule has 5 fully saturated rings. The van der Waals surface area contributed by atoms with E-state index < -0.39 is 15.3 Å². The number of hydrogen-bond acceptors (Lipinski definition) is 8. The number of sulfonamides is 1. The lowest BCUT2D eigenvalue weighted by molar-refractivity contribution is 0.0819. The van der Waals surface area contributed by atoms with E-state index in [-0.39, 0.29) is 23.7 Å². The van der Waals surface area contributed by atoms with Crippen molar-refractivity contribution < 1.29 is 8.42 Å². The van der Waals surface area contributed by atoms with Gasteiger partial charge in [-0.3, -0.25) is 10.9 Å². The van der Waals surface area contributed by atoms with Gasteiger partial charge in [0.2, 0.25) is 10.0 Å². The first-order valence-electron chi connectivity index (χ1n) is 11.5. The third kappa shape index (κ3) is 3.79. The molecule has 0 aromatic heterocycles. The molecule has 5 aliphatic rings. The van der Waals surface area contributed by atoms with E-state index in [9.17, 15) is 13.7 Å². The van der Waals surface area contributed by atoms with Crippen molar-refractivity contribution in [2.75, 3.05) is 33.2 Å². The molecule has 0 spiro atoms. The van der Waals surface area contributed by atoms with Gasteiger partial charge in [-0.25, -0.2) is 23.2 Å². The molecule has 0 bridgehead atoms. The molecule has 4 N–H and O–H groups in total. The van der Waals surface area contributed by atoms with E-state index in [0.717, 1.165) is 58.0 Å². The number of fused-ring (bicyclic) bond motifs is 1. The SMILES string of the molecule is CN1NCC2CCCC(NS(=O)(=O)C3CNN(C4CC(C5(C#N)CC5)CCN4)C3)C21. The fourth-order valence-electron chi connectivity index (χ4n) is 6.27. The minimum Gasteiger partial charge on any atom is -0.301 e. The van der Waals surface area contributed by atoms with E-state index in [0.29, 0.717) is 24.9 Å². The lowest BCUT2D eigenvalue weighted by Crippen LogP contribution is -2.56. The largest absolute Gasteiger partial charge is 0.301 e. The van der Waals surface area contributed by atoms with Crippen LogP contribution in [-0.2, 0) is 10.0 Å². The van der Waals surface area contributed by atoms with Crippen molar-refractivity contribution in [1.29, 1.82) is 5.26 Å². The fourth-order valence-corrected chi connectivity index (χ4v) is 7.80. The van der Waals surface area contributed by atoms with E-state index in [1.807, 2.05) is 7.05 Å². The van der Waals surface area contributed by atoms with Gasteiger partial charge < -0.3 is 5.32 Å². The zero-order valence-electron chi connectivity index (χ0n) is 17.8. The van der Waals surface area contributed by atoms with Crippen molar-refractivity contribution in [3.63, 3.8) is 0 Å². The average Bonchev–Trinajstić information content (AvgIpc) is 3.20. The zero-order valence-corrected chi connectivity index (χ0v) is 18.6. The summed E-state index contributed by atoms with van der Waals surface area (Å²) in [6.07, 6.45) is 7.21. The van der Waals surface area contributed by atoms with Crippen LogP contribution < -0.4 is 20.9 Å². The van der Waals surface area contributed by atoms with Gasteiger partial charge in [-0.15, -0.1) is 0 Å². The molecule has 0 aromatic carbocycles. The third-order valence-electron chi connectivity index (χ3n) is 8.26. The summed E-state index contributed by atoms with van der Waals surface area (Å²) in [7, 11) is -1.39. The summed E-state index contributed by atoms with van der Waals surface area (Å²) in [5.74, 6) is 0.932. The number of hydrazine groups is 2. The Morgan fingerprint density at radius 3 is 2.77 bits per heavy atom. The molecule has 0 aromatic rings. The quantitative estimate of drug-likeness (QED) is 0.464. The molecular formula is C20H35N7O2S. The maximum absolute atomic E-state index is 13.2. The number of nitrogens with zero attached hydrogens (tertiary/aromatic N) is 3. The number of rotatable bonds is 5. The molecule has 2 aliphatic carbocycles. The van der Waals surface area contributed by atoms with E-state index in [1.54, 1.807) is 0 Å². The van der Waals surface area contributed by atoms with Crippen LogP contribution in [0, 0.1) is 28.6 Å². The van der Waals surface area contributed by atoms with Crippen molar-refractivity contribution >= 4 is 10.0 Å². The number of piperidine rings is 1. The van der Waals surface area contributed by atoms with Gasteiger partial charge in [-0.1, -0.05) is 6.42 Å². The summed E-state index contributed by atoms with van der Waals surface area (Å²) in [6, 6.07) is 2.77. The van der Waals surface area contributed by atoms with Crippen molar-refractivity contribution in [1.82, 2.24) is 30.9 Å². The minimum atomic E-state index is -3.42. The third-order valence-corrected chi connectivity index (χ3v) is 10.1. The van der Waals surface area contributed by atoms with Crippen LogP contribution in [0.15, 0.2) is 0 Å². The maximum atomic E-state index is 13.2. The highest BCUT2D eigenvalue weighted by Crippen LogP contribution is 2.54. The Bertz CT molecular complexity index is 793. The normalized spacial score (nSPS) is 42.0. The second-order valence-corrected chi connectivity index (χ2v) is 12.0. The second-order valence-electron chi connectivity index (χ2n) is 10.0. The van der Waals surface area contributed by atoms with Gasteiger partial charge in [-0.05, 0) is 56.9 Å². The first kappa shape index (κ1) is 21.1. The molecule has 0 radical (unpaired) electrons. The number of likely N-dealkylation sites (N-methyl/N-ethyl adjacent to an activating group) is 1. The average molecular weight is 438 g/mol. The zero-order chi connectivity index (χ0) is 20.9. The minimum absolute atomic E-state index is 0.0228. The molecule has 10 heteroatoms. The van der Waals surface area contributed by atoms with Gasteiger partial charge in [-0.2, -0.15) is 5.26 Å². The predicted molar refractivity (Wildman–Crippen MR) is 113 cm³/mol. The molecule has 5 rings (SSSR count). The molecule has 9 nitrogen and oxygen atoms in total. The van der Waals surface area contributed by atoms with Crippen molar-refractivity contribution in [2.24, 2.45) is 17.3 Å².